The lowest BCUT2D eigenvalue weighted by atomic mass is 9.79. The van der Waals surface area contributed by atoms with Crippen LogP contribution in [0.2, 0.25) is 0 Å². The first-order chi connectivity index (χ1) is 16.2. The fraction of sp³-hybridized carbons (Fsp3) is 0.520. The highest BCUT2D eigenvalue weighted by Crippen LogP contribution is 2.40. The number of carbonyl (C=O) groups is 1. The molecule has 0 unspecified atom stereocenters. The third kappa shape index (κ3) is 5.80. The number of aromatic nitrogens is 2. The summed E-state index contributed by atoms with van der Waals surface area (Å²) >= 11 is 0. The molecule has 1 amide bonds. The van der Waals surface area contributed by atoms with E-state index in [0.29, 0.717) is 26.1 Å². The summed E-state index contributed by atoms with van der Waals surface area (Å²) in [6.45, 7) is 4.34. The number of carbonyl (C=O) groups excluding carboxylic acids is 1. The van der Waals surface area contributed by atoms with Gasteiger partial charge in [-0.15, -0.1) is 0 Å². The molecule has 1 saturated heterocycles. The number of amides is 1. The number of hydrogen-bond donors (Lipinski definition) is 2. The van der Waals surface area contributed by atoms with Crippen LogP contribution in [-0.4, -0.2) is 73.1 Å². The minimum Gasteiger partial charge on any atom is -0.356 e. The molecule has 2 aromatic rings. The topological polar surface area (TPSA) is 85.8 Å². The van der Waals surface area contributed by atoms with E-state index in [1.54, 1.807) is 19.4 Å². The van der Waals surface area contributed by atoms with Crippen molar-refractivity contribution in [2.75, 3.05) is 51.2 Å². The van der Waals surface area contributed by atoms with Crippen molar-refractivity contribution in [3.05, 3.63) is 54.4 Å². The maximum absolute atomic E-state index is 12.7. The molecule has 2 heterocycles. The Balaban J connectivity index is 1.21. The van der Waals surface area contributed by atoms with Crippen LogP contribution in [0.15, 0.2) is 53.8 Å². The van der Waals surface area contributed by atoms with E-state index < -0.39 is 0 Å². The molecule has 1 saturated carbocycles. The van der Waals surface area contributed by atoms with Crippen LogP contribution in [0.3, 0.4) is 0 Å². The molecule has 0 radical (unpaired) electrons. The molecular formula is C25H35N7O. The predicted molar refractivity (Wildman–Crippen MR) is 131 cm³/mol. The monoisotopic (exact) mass is 449 g/mol. The largest absolute Gasteiger partial charge is 0.356 e. The van der Waals surface area contributed by atoms with Crippen molar-refractivity contribution in [3.63, 3.8) is 0 Å². The van der Waals surface area contributed by atoms with Gasteiger partial charge in [-0.25, -0.2) is 9.97 Å². The number of rotatable bonds is 7. The van der Waals surface area contributed by atoms with Gasteiger partial charge in [0.05, 0.1) is 0 Å². The van der Waals surface area contributed by atoms with Crippen LogP contribution in [0.5, 0.6) is 0 Å². The number of aliphatic imine (C=N–C) groups is 1. The highest BCUT2D eigenvalue weighted by atomic mass is 16.2. The molecule has 8 heteroatoms. The zero-order chi connectivity index (χ0) is 22.9. The average molecular weight is 450 g/mol. The Bertz CT molecular complexity index is 905. The Hall–Kier alpha value is -3.16. The van der Waals surface area contributed by atoms with Gasteiger partial charge in [-0.05, 0) is 24.5 Å². The smallest absolute Gasteiger partial charge is 0.225 e. The van der Waals surface area contributed by atoms with E-state index >= 15 is 0 Å². The molecule has 33 heavy (non-hydrogen) atoms. The third-order valence-corrected chi connectivity index (χ3v) is 6.86. The van der Waals surface area contributed by atoms with Crippen LogP contribution >= 0.6 is 0 Å². The summed E-state index contributed by atoms with van der Waals surface area (Å²) in [5, 5.41) is 6.85. The number of nitrogens with one attached hydrogen (secondary N) is 2. The molecule has 2 aliphatic rings. The average Bonchev–Trinajstić information content (AvgIpc) is 3.37. The van der Waals surface area contributed by atoms with Crippen molar-refractivity contribution in [2.45, 2.75) is 37.5 Å². The van der Waals surface area contributed by atoms with Crippen LogP contribution < -0.4 is 15.5 Å². The molecule has 2 N–H and O–H groups in total. The first-order valence-corrected chi connectivity index (χ1v) is 12.0. The van der Waals surface area contributed by atoms with E-state index in [0.717, 1.165) is 31.5 Å². The SMILES string of the molecule is CN=C(NCCC(=O)N1CCN(c2ncccn2)CC1)NCC1(c2ccccc2)CCCC1. The summed E-state index contributed by atoms with van der Waals surface area (Å²) in [6, 6.07) is 12.6. The van der Waals surface area contributed by atoms with Gasteiger partial charge >= 0.3 is 0 Å². The van der Waals surface area contributed by atoms with E-state index in [1.165, 1.54) is 31.2 Å². The summed E-state index contributed by atoms with van der Waals surface area (Å²) < 4.78 is 0. The molecule has 0 spiro atoms. The van der Waals surface area contributed by atoms with E-state index in [-0.39, 0.29) is 11.3 Å². The number of anilines is 1. The number of piperazine rings is 1. The van der Waals surface area contributed by atoms with Gasteiger partial charge in [0.1, 0.15) is 0 Å². The van der Waals surface area contributed by atoms with Crippen LogP contribution in [0, 0.1) is 0 Å². The first-order valence-electron chi connectivity index (χ1n) is 12.0. The maximum atomic E-state index is 12.7. The minimum atomic E-state index is 0.164. The second kappa shape index (κ2) is 11.1. The lowest BCUT2D eigenvalue weighted by Crippen LogP contribution is -2.50. The summed E-state index contributed by atoms with van der Waals surface area (Å²) in [6.07, 6.45) is 8.87. The van der Waals surface area contributed by atoms with Crippen molar-refractivity contribution in [3.8, 4) is 0 Å². The lowest BCUT2D eigenvalue weighted by molar-refractivity contribution is -0.131. The van der Waals surface area contributed by atoms with Gasteiger partial charge < -0.3 is 20.4 Å². The quantitative estimate of drug-likeness (QED) is 0.498. The van der Waals surface area contributed by atoms with E-state index in [9.17, 15) is 4.79 Å². The van der Waals surface area contributed by atoms with E-state index in [2.05, 4.69) is 60.8 Å². The van der Waals surface area contributed by atoms with E-state index in [1.807, 2.05) is 11.0 Å². The third-order valence-electron chi connectivity index (χ3n) is 6.86. The van der Waals surface area contributed by atoms with Crippen LogP contribution in [-0.2, 0) is 10.2 Å². The molecule has 0 bridgehead atoms. The van der Waals surface area contributed by atoms with Gasteiger partial charge in [-0.1, -0.05) is 43.2 Å². The summed E-state index contributed by atoms with van der Waals surface area (Å²) in [4.78, 5) is 29.7. The second-order valence-corrected chi connectivity index (χ2v) is 8.87. The number of benzene rings is 1. The molecule has 176 valence electrons. The summed E-state index contributed by atoms with van der Waals surface area (Å²) in [7, 11) is 1.78. The summed E-state index contributed by atoms with van der Waals surface area (Å²) in [5.74, 6) is 1.66. The Labute approximate surface area is 196 Å². The van der Waals surface area contributed by atoms with Gasteiger partial charge in [0.25, 0.3) is 0 Å². The van der Waals surface area contributed by atoms with Crippen molar-refractivity contribution < 1.29 is 4.79 Å². The molecule has 1 aromatic carbocycles. The van der Waals surface area contributed by atoms with Gasteiger partial charge in [-0.3, -0.25) is 9.79 Å². The minimum absolute atomic E-state index is 0.164. The molecule has 1 aromatic heterocycles. The number of guanidine groups is 1. The van der Waals surface area contributed by atoms with Crippen LogP contribution in [0.4, 0.5) is 5.95 Å². The van der Waals surface area contributed by atoms with Gasteiger partial charge in [0, 0.05) is 70.5 Å². The normalized spacial score (nSPS) is 18.3. The molecule has 8 nitrogen and oxygen atoms in total. The van der Waals surface area contributed by atoms with Crippen molar-refractivity contribution in [1.29, 1.82) is 0 Å². The van der Waals surface area contributed by atoms with Gasteiger partial charge in [-0.2, -0.15) is 0 Å². The van der Waals surface area contributed by atoms with E-state index in [4.69, 9.17) is 0 Å². The highest BCUT2D eigenvalue weighted by Gasteiger charge is 2.35. The highest BCUT2D eigenvalue weighted by molar-refractivity contribution is 5.81. The van der Waals surface area contributed by atoms with Crippen LogP contribution in [0.1, 0.15) is 37.7 Å². The zero-order valence-electron chi connectivity index (χ0n) is 19.5. The van der Waals surface area contributed by atoms with Crippen LogP contribution in [0.25, 0.3) is 0 Å². The van der Waals surface area contributed by atoms with Crippen molar-refractivity contribution in [1.82, 2.24) is 25.5 Å². The van der Waals surface area contributed by atoms with Crippen molar-refractivity contribution >= 4 is 17.8 Å². The molecule has 2 fully saturated rings. The fourth-order valence-corrected chi connectivity index (χ4v) is 4.94. The second-order valence-electron chi connectivity index (χ2n) is 8.87. The van der Waals surface area contributed by atoms with Gasteiger partial charge in [0.15, 0.2) is 5.96 Å². The Morgan fingerprint density at radius 3 is 2.36 bits per heavy atom. The Kier molecular flexibility index (Phi) is 7.75. The number of nitrogens with zero attached hydrogens (tertiary/aromatic N) is 5. The van der Waals surface area contributed by atoms with Crippen molar-refractivity contribution in [2.24, 2.45) is 4.99 Å². The Morgan fingerprint density at radius 1 is 1.00 bits per heavy atom. The Morgan fingerprint density at radius 2 is 1.70 bits per heavy atom. The predicted octanol–water partition coefficient (Wildman–Crippen LogP) is 2.19. The fourth-order valence-electron chi connectivity index (χ4n) is 4.94. The summed E-state index contributed by atoms with van der Waals surface area (Å²) in [5.41, 5.74) is 1.57. The van der Waals surface area contributed by atoms with Gasteiger partial charge in [0.2, 0.25) is 11.9 Å². The molecule has 4 rings (SSSR count). The number of hydrogen-bond acceptors (Lipinski definition) is 5. The standard InChI is InChI=1S/C25H35N7O/c1-26-23(30-20-25(11-5-6-12-25)21-8-3-2-4-9-21)27-15-10-22(33)31-16-18-32(19-17-31)24-28-13-7-14-29-24/h2-4,7-9,13-14H,5-6,10-12,15-20H2,1H3,(H2,26,27,30). The molecule has 1 aliphatic carbocycles. The molecule has 1 aliphatic heterocycles. The maximum Gasteiger partial charge on any atom is 0.225 e. The zero-order valence-corrected chi connectivity index (χ0v) is 19.5. The first kappa shape index (κ1) is 23.0. The lowest BCUT2D eigenvalue weighted by Gasteiger charge is -2.34. The molecule has 0 atom stereocenters. The molecular weight excluding hydrogens is 414 g/mol.